The number of carbonyl (C=O) groups is 1. The third kappa shape index (κ3) is 1.64. The SMILES string of the molecule is O=CNc1ccc2c(c1)NC=CN=C2. The van der Waals surface area contributed by atoms with Gasteiger partial charge in [-0.25, -0.2) is 0 Å². The number of amides is 1. The topological polar surface area (TPSA) is 53.5 Å². The van der Waals surface area contributed by atoms with Crippen molar-refractivity contribution in [3.05, 3.63) is 36.2 Å². The number of aliphatic imine (C=N–C) groups is 1. The first-order chi connectivity index (χ1) is 6.90. The Hall–Kier alpha value is -2.10. The maximum absolute atomic E-state index is 10.2. The molecule has 0 bridgehead atoms. The number of nitrogens with one attached hydrogen (secondary N) is 2. The van der Waals surface area contributed by atoms with Gasteiger partial charge in [-0.3, -0.25) is 9.79 Å². The number of hydrogen-bond acceptors (Lipinski definition) is 3. The molecule has 1 aliphatic heterocycles. The zero-order valence-electron chi connectivity index (χ0n) is 7.40. The van der Waals surface area contributed by atoms with E-state index in [1.807, 2.05) is 18.2 Å². The van der Waals surface area contributed by atoms with Crippen molar-refractivity contribution in [3.8, 4) is 0 Å². The average Bonchev–Trinajstić information content (AvgIpc) is 2.42. The standard InChI is InChI=1S/C10H9N3O/c14-7-13-9-2-1-8-6-11-3-4-12-10(8)5-9/h1-7,12H,(H,13,14). The molecule has 2 rings (SSSR count). The predicted octanol–water partition coefficient (Wildman–Crippen LogP) is 1.57. The highest BCUT2D eigenvalue weighted by Gasteiger charge is 2.01. The molecule has 14 heavy (non-hydrogen) atoms. The number of carbonyl (C=O) groups excluding carboxylic acids is 1. The molecule has 0 saturated carbocycles. The van der Waals surface area contributed by atoms with Crippen molar-refractivity contribution in [1.82, 2.24) is 0 Å². The van der Waals surface area contributed by atoms with Gasteiger partial charge in [0.2, 0.25) is 6.41 Å². The van der Waals surface area contributed by atoms with Gasteiger partial charge in [0.05, 0.1) is 0 Å². The minimum atomic E-state index is 0.655. The van der Waals surface area contributed by atoms with E-state index in [0.717, 1.165) is 16.9 Å². The molecule has 1 aromatic carbocycles. The van der Waals surface area contributed by atoms with Crippen molar-refractivity contribution >= 4 is 24.0 Å². The summed E-state index contributed by atoms with van der Waals surface area (Å²) in [5, 5.41) is 5.65. The summed E-state index contributed by atoms with van der Waals surface area (Å²) in [5.74, 6) is 0. The largest absolute Gasteiger partial charge is 0.360 e. The highest BCUT2D eigenvalue weighted by molar-refractivity contribution is 5.91. The predicted molar refractivity (Wildman–Crippen MR) is 56.5 cm³/mol. The second-order valence-corrected chi connectivity index (χ2v) is 2.80. The Kier molecular flexibility index (Phi) is 2.27. The smallest absolute Gasteiger partial charge is 0.211 e. The zero-order chi connectivity index (χ0) is 9.80. The van der Waals surface area contributed by atoms with Crippen LogP contribution in [0.3, 0.4) is 0 Å². The van der Waals surface area contributed by atoms with Crippen LogP contribution in [0.15, 0.2) is 35.6 Å². The summed E-state index contributed by atoms with van der Waals surface area (Å²) in [7, 11) is 0. The van der Waals surface area contributed by atoms with Crippen molar-refractivity contribution in [2.45, 2.75) is 0 Å². The molecule has 0 atom stereocenters. The van der Waals surface area contributed by atoms with Crippen LogP contribution in [0.1, 0.15) is 5.56 Å². The second-order valence-electron chi connectivity index (χ2n) is 2.80. The minimum absolute atomic E-state index is 0.655. The summed E-state index contributed by atoms with van der Waals surface area (Å²) in [5.41, 5.74) is 2.68. The van der Waals surface area contributed by atoms with Gasteiger partial charge in [0.1, 0.15) is 0 Å². The van der Waals surface area contributed by atoms with E-state index in [-0.39, 0.29) is 0 Å². The molecule has 0 aliphatic carbocycles. The van der Waals surface area contributed by atoms with Gasteiger partial charge >= 0.3 is 0 Å². The Balaban J connectivity index is 2.38. The Morgan fingerprint density at radius 2 is 2.36 bits per heavy atom. The van der Waals surface area contributed by atoms with Gasteiger partial charge in [-0.1, -0.05) is 0 Å². The third-order valence-corrected chi connectivity index (χ3v) is 1.89. The van der Waals surface area contributed by atoms with E-state index in [9.17, 15) is 4.79 Å². The first-order valence-corrected chi connectivity index (χ1v) is 4.19. The van der Waals surface area contributed by atoms with Gasteiger partial charge in [0.15, 0.2) is 0 Å². The lowest BCUT2D eigenvalue weighted by Gasteiger charge is -2.06. The van der Waals surface area contributed by atoms with Crippen LogP contribution < -0.4 is 10.6 Å². The van der Waals surface area contributed by atoms with Crippen LogP contribution in [0.2, 0.25) is 0 Å². The lowest BCUT2D eigenvalue weighted by Crippen LogP contribution is -1.97. The molecule has 0 spiro atoms. The number of nitrogens with zero attached hydrogens (tertiary/aromatic N) is 1. The van der Waals surface area contributed by atoms with Gasteiger partial charge in [0.25, 0.3) is 0 Å². The molecule has 1 aromatic rings. The number of rotatable bonds is 2. The van der Waals surface area contributed by atoms with Crippen LogP contribution in [-0.2, 0) is 4.79 Å². The quantitative estimate of drug-likeness (QED) is 0.690. The molecule has 1 heterocycles. The highest BCUT2D eigenvalue weighted by Crippen LogP contribution is 2.20. The lowest BCUT2D eigenvalue weighted by molar-refractivity contribution is -0.105. The first-order valence-electron chi connectivity index (χ1n) is 4.19. The second kappa shape index (κ2) is 3.74. The molecule has 0 saturated heterocycles. The first kappa shape index (κ1) is 8.50. The van der Waals surface area contributed by atoms with Crippen LogP contribution in [0, 0.1) is 0 Å². The Labute approximate surface area is 81.4 Å². The summed E-state index contributed by atoms with van der Waals surface area (Å²) in [6.07, 6.45) is 5.83. The summed E-state index contributed by atoms with van der Waals surface area (Å²) >= 11 is 0. The van der Waals surface area contributed by atoms with E-state index >= 15 is 0 Å². The minimum Gasteiger partial charge on any atom is -0.360 e. The van der Waals surface area contributed by atoms with Crippen molar-refractivity contribution in [1.29, 1.82) is 0 Å². The normalized spacial score (nSPS) is 12.6. The van der Waals surface area contributed by atoms with Crippen molar-refractivity contribution in [2.24, 2.45) is 4.99 Å². The fourth-order valence-electron chi connectivity index (χ4n) is 1.25. The van der Waals surface area contributed by atoms with Crippen molar-refractivity contribution < 1.29 is 4.79 Å². The van der Waals surface area contributed by atoms with Crippen LogP contribution in [-0.4, -0.2) is 12.6 Å². The Morgan fingerprint density at radius 1 is 1.43 bits per heavy atom. The summed E-state index contributed by atoms with van der Waals surface area (Å²) in [4.78, 5) is 14.3. The molecule has 1 aliphatic rings. The lowest BCUT2D eigenvalue weighted by atomic mass is 10.1. The molecule has 70 valence electrons. The zero-order valence-corrected chi connectivity index (χ0v) is 7.40. The third-order valence-electron chi connectivity index (χ3n) is 1.89. The van der Waals surface area contributed by atoms with E-state index in [2.05, 4.69) is 15.6 Å². The van der Waals surface area contributed by atoms with E-state index in [4.69, 9.17) is 0 Å². The highest BCUT2D eigenvalue weighted by atomic mass is 16.1. The maximum Gasteiger partial charge on any atom is 0.211 e. The molecular weight excluding hydrogens is 178 g/mol. The summed E-state index contributed by atoms with van der Waals surface area (Å²) < 4.78 is 0. The van der Waals surface area contributed by atoms with Gasteiger partial charge in [-0.15, -0.1) is 0 Å². The number of anilines is 2. The van der Waals surface area contributed by atoms with Gasteiger partial charge in [0, 0.05) is 35.6 Å². The van der Waals surface area contributed by atoms with E-state index in [1.165, 1.54) is 0 Å². The van der Waals surface area contributed by atoms with Crippen molar-refractivity contribution in [3.63, 3.8) is 0 Å². The Bertz CT molecular complexity index is 410. The van der Waals surface area contributed by atoms with Gasteiger partial charge in [-0.2, -0.15) is 0 Å². The molecule has 4 nitrogen and oxygen atoms in total. The fourth-order valence-corrected chi connectivity index (χ4v) is 1.25. The molecular formula is C10H9N3O. The summed E-state index contributed by atoms with van der Waals surface area (Å²) in [6.45, 7) is 0. The molecule has 0 aromatic heterocycles. The molecule has 4 heteroatoms. The van der Waals surface area contributed by atoms with E-state index in [1.54, 1.807) is 18.6 Å². The average molecular weight is 187 g/mol. The van der Waals surface area contributed by atoms with Crippen molar-refractivity contribution in [2.75, 3.05) is 10.6 Å². The van der Waals surface area contributed by atoms with Crippen LogP contribution in [0.4, 0.5) is 11.4 Å². The summed E-state index contributed by atoms with van der Waals surface area (Å²) in [6, 6.07) is 5.57. The maximum atomic E-state index is 10.2. The van der Waals surface area contributed by atoms with Crippen LogP contribution in [0.25, 0.3) is 0 Å². The molecule has 1 amide bonds. The number of hydrogen-bond donors (Lipinski definition) is 2. The number of fused-ring (bicyclic) bond motifs is 1. The van der Waals surface area contributed by atoms with Gasteiger partial charge < -0.3 is 10.6 Å². The monoisotopic (exact) mass is 187 g/mol. The van der Waals surface area contributed by atoms with E-state index < -0.39 is 0 Å². The van der Waals surface area contributed by atoms with Crippen LogP contribution >= 0.6 is 0 Å². The van der Waals surface area contributed by atoms with Gasteiger partial charge in [-0.05, 0) is 18.2 Å². The molecule has 2 N–H and O–H groups in total. The number of benzene rings is 1. The molecule has 0 radical (unpaired) electrons. The Morgan fingerprint density at radius 3 is 3.21 bits per heavy atom. The molecule has 0 fully saturated rings. The molecule has 0 unspecified atom stereocenters. The van der Waals surface area contributed by atoms with E-state index in [0.29, 0.717) is 6.41 Å². The fraction of sp³-hybridized carbons (Fsp3) is 0. The van der Waals surface area contributed by atoms with Crippen LogP contribution in [0.5, 0.6) is 0 Å².